The Morgan fingerprint density at radius 1 is 1.00 bits per heavy atom. The molecule has 2 heterocycles. The van der Waals surface area contributed by atoms with Crippen LogP contribution < -0.4 is 10.2 Å². The van der Waals surface area contributed by atoms with Gasteiger partial charge in [-0.2, -0.15) is 4.31 Å². The first-order chi connectivity index (χ1) is 13.4. The van der Waals surface area contributed by atoms with Crippen LogP contribution in [0.25, 0.3) is 0 Å². The van der Waals surface area contributed by atoms with Crippen LogP contribution in [0.1, 0.15) is 44.9 Å². The lowest BCUT2D eigenvalue weighted by Crippen LogP contribution is -2.34. The second-order valence-electron chi connectivity index (χ2n) is 8.00. The zero-order valence-electron chi connectivity index (χ0n) is 16.0. The molecule has 4 rings (SSSR count). The fourth-order valence-electron chi connectivity index (χ4n) is 3.91. The van der Waals surface area contributed by atoms with E-state index in [0.717, 1.165) is 38.5 Å². The van der Waals surface area contributed by atoms with E-state index in [-0.39, 0.29) is 35.1 Å². The van der Waals surface area contributed by atoms with Gasteiger partial charge in [-0.05, 0) is 49.9 Å². The smallest absolute Gasteiger partial charge is 0.243 e. The monoisotopic (exact) mass is 405 g/mol. The number of hydrogen-bond acceptors (Lipinski definition) is 4. The maximum Gasteiger partial charge on any atom is 0.243 e. The Labute approximate surface area is 166 Å². The van der Waals surface area contributed by atoms with Gasteiger partial charge in [0.05, 0.1) is 10.8 Å². The van der Waals surface area contributed by atoms with E-state index in [0.29, 0.717) is 25.3 Å². The van der Waals surface area contributed by atoms with Gasteiger partial charge in [-0.25, -0.2) is 8.42 Å². The number of hydrogen-bond donors (Lipinski definition) is 1. The molecule has 152 valence electrons. The summed E-state index contributed by atoms with van der Waals surface area (Å²) in [5, 5.41) is 2.96. The van der Waals surface area contributed by atoms with Crippen molar-refractivity contribution in [3.05, 3.63) is 24.3 Å². The van der Waals surface area contributed by atoms with E-state index >= 15 is 0 Å². The number of carbonyl (C=O) groups is 2. The Kier molecular flexibility index (Phi) is 5.42. The molecule has 3 aliphatic rings. The van der Waals surface area contributed by atoms with Crippen molar-refractivity contribution < 1.29 is 18.0 Å². The van der Waals surface area contributed by atoms with Crippen LogP contribution in [-0.4, -0.2) is 50.2 Å². The van der Waals surface area contributed by atoms with Crippen LogP contribution in [0.4, 0.5) is 5.69 Å². The minimum absolute atomic E-state index is 0.0567. The van der Waals surface area contributed by atoms with Crippen LogP contribution in [0.15, 0.2) is 29.2 Å². The summed E-state index contributed by atoms with van der Waals surface area (Å²) >= 11 is 0. The van der Waals surface area contributed by atoms with Crippen molar-refractivity contribution in [1.82, 2.24) is 9.62 Å². The lowest BCUT2D eigenvalue weighted by Gasteiger charge is -2.21. The van der Waals surface area contributed by atoms with Gasteiger partial charge < -0.3 is 10.2 Å². The highest BCUT2D eigenvalue weighted by atomic mass is 32.2. The normalized spacial score (nSPS) is 24.2. The van der Waals surface area contributed by atoms with Crippen molar-refractivity contribution in [2.75, 3.05) is 24.5 Å². The van der Waals surface area contributed by atoms with E-state index < -0.39 is 10.0 Å². The third-order valence-electron chi connectivity index (χ3n) is 5.77. The van der Waals surface area contributed by atoms with Crippen molar-refractivity contribution in [3.63, 3.8) is 0 Å². The third-order valence-corrected chi connectivity index (χ3v) is 7.68. The molecule has 1 aliphatic carbocycles. The van der Waals surface area contributed by atoms with Crippen molar-refractivity contribution in [2.24, 2.45) is 5.92 Å². The predicted molar refractivity (Wildman–Crippen MR) is 105 cm³/mol. The van der Waals surface area contributed by atoms with Crippen molar-refractivity contribution in [1.29, 1.82) is 0 Å². The van der Waals surface area contributed by atoms with Gasteiger partial charge in [0.2, 0.25) is 21.8 Å². The maximum absolute atomic E-state index is 12.9. The summed E-state index contributed by atoms with van der Waals surface area (Å²) in [6.07, 6.45) is 6.15. The van der Waals surface area contributed by atoms with Gasteiger partial charge in [0, 0.05) is 37.8 Å². The summed E-state index contributed by atoms with van der Waals surface area (Å²) in [7, 11) is -3.50. The molecule has 2 saturated heterocycles. The summed E-state index contributed by atoms with van der Waals surface area (Å²) < 4.78 is 27.3. The molecule has 28 heavy (non-hydrogen) atoms. The van der Waals surface area contributed by atoms with E-state index in [1.807, 2.05) is 0 Å². The van der Waals surface area contributed by atoms with Crippen molar-refractivity contribution in [2.45, 2.75) is 55.9 Å². The van der Waals surface area contributed by atoms with Gasteiger partial charge in [0.25, 0.3) is 0 Å². The molecule has 1 atom stereocenters. The fraction of sp³-hybridized carbons (Fsp3) is 0.600. The Morgan fingerprint density at radius 2 is 1.64 bits per heavy atom. The van der Waals surface area contributed by atoms with Gasteiger partial charge in [-0.15, -0.1) is 0 Å². The molecule has 1 saturated carbocycles. The van der Waals surface area contributed by atoms with E-state index in [1.54, 1.807) is 33.5 Å². The zero-order valence-corrected chi connectivity index (χ0v) is 16.8. The molecule has 0 bridgehead atoms. The largest absolute Gasteiger partial charge is 0.353 e. The summed E-state index contributed by atoms with van der Waals surface area (Å²) in [4.78, 5) is 26.4. The Morgan fingerprint density at radius 3 is 2.25 bits per heavy atom. The molecule has 2 aliphatic heterocycles. The second-order valence-corrected chi connectivity index (χ2v) is 9.94. The first-order valence-electron chi connectivity index (χ1n) is 10.2. The molecule has 1 aromatic carbocycles. The van der Waals surface area contributed by atoms with E-state index in [1.165, 1.54) is 0 Å². The quantitative estimate of drug-likeness (QED) is 0.810. The molecule has 1 aromatic rings. The predicted octanol–water partition coefficient (Wildman–Crippen LogP) is 1.88. The van der Waals surface area contributed by atoms with E-state index in [2.05, 4.69) is 5.32 Å². The molecule has 0 spiro atoms. The minimum atomic E-state index is -3.50. The van der Waals surface area contributed by atoms with Crippen LogP contribution in [0.2, 0.25) is 0 Å². The van der Waals surface area contributed by atoms with Crippen LogP contribution in [-0.2, 0) is 19.6 Å². The molecule has 3 fully saturated rings. The topological polar surface area (TPSA) is 86.8 Å². The molecule has 0 radical (unpaired) electrons. The van der Waals surface area contributed by atoms with Gasteiger partial charge in [0.15, 0.2) is 0 Å². The van der Waals surface area contributed by atoms with Crippen LogP contribution in [0.3, 0.4) is 0 Å². The highest BCUT2D eigenvalue weighted by molar-refractivity contribution is 7.89. The van der Waals surface area contributed by atoms with Gasteiger partial charge in [-0.1, -0.05) is 12.8 Å². The van der Waals surface area contributed by atoms with Crippen LogP contribution >= 0.6 is 0 Å². The van der Waals surface area contributed by atoms with Gasteiger partial charge in [-0.3, -0.25) is 9.59 Å². The molecule has 8 heteroatoms. The number of rotatable bonds is 5. The summed E-state index contributed by atoms with van der Waals surface area (Å²) in [6.45, 7) is 1.47. The highest BCUT2D eigenvalue weighted by Crippen LogP contribution is 2.28. The Balaban J connectivity index is 1.45. The number of amides is 2. The minimum Gasteiger partial charge on any atom is -0.353 e. The molecular weight excluding hydrogens is 378 g/mol. The number of nitrogens with one attached hydrogen (secondary N) is 1. The Bertz CT molecular complexity index is 841. The lowest BCUT2D eigenvalue weighted by atomic mass is 10.1. The molecule has 2 amide bonds. The summed E-state index contributed by atoms with van der Waals surface area (Å²) in [5.41, 5.74) is 0.640. The van der Waals surface area contributed by atoms with Gasteiger partial charge in [0.1, 0.15) is 0 Å². The first-order valence-corrected chi connectivity index (χ1v) is 11.6. The standard InChI is InChI=1S/C20H27N3O4S/c24-19-13-15(20(25)21-16-5-6-16)14-23(19)17-7-9-18(10-8-17)28(26,27)22-11-3-1-2-4-12-22/h7-10,15-16H,1-6,11-14H2,(H,21,25)/t15-/m1/s1. The zero-order chi connectivity index (χ0) is 19.7. The second kappa shape index (κ2) is 7.83. The summed E-state index contributed by atoms with van der Waals surface area (Å²) in [6, 6.07) is 6.76. The number of anilines is 1. The Hall–Kier alpha value is -1.93. The molecule has 7 nitrogen and oxygen atoms in total. The maximum atomic E-state index is 12.9. The first kappa shape index (κ1) is 19.4. The summed E-state index contributed by atoms with van der Waals surface area (Å²) in [5.74, 6) is -0.494. The van der Waals surface area contributed by atoms with Crippen molar-refractivity contribution in [3.8, 4) is 0 Å². The van der Waals surface area contributed by atoms with Crippen LogP contribution in [0, 0.1) is 5.92 Å². The van der Waals surface area contributed by atoms with Gasteiger partial charge >= 0.3 is 0 Å². The van der Waals surface area contributed by atoms with Crippen molar-refractivity contribution >= 4 is 27.5 Å². The number of benzene rings is 1. The molecule has 0 aromatic heterocycles. The molecule has 0 unspecified atom stereocenters. The molecular formula is C20H27N3O4S. The number of nitrogens with zero attached hydrogens (tertiary/aromatic N) is 2. The van der Waals surface area contributed by atoms with Crippen LogP contribution in [0.5, 0.6) is 0 Å². The van der Waals surface area contributed by atoms with E-state index in [9.17, 15) is 18.0 Å². The van der Waals surface area contributed by atoms with E-state index in [4.69, 9.17) is 0 Å². The molecule has 1 N–H and O–H groups in total. The lowest BCUT2D eigenvalue weighted by molar-refractivity contribution is -0.126. The average Bonchev–Trinajstić information content (AvgIpc) is 3.46. The fourth-order valence-corrected chi connectivity index (χ4v) is 5.43. The average molecular weight is 406 g/mol. The number of sulfonamides is 1. The highest BCUT2D eigenvalue weighted by Gasteiger charge is 2.37. The SMILES string of the molecule is O=C(NC1CC1)[C@@H]1CC(=O)N(c2ccc(S(=O)(=O)N3CCCCCC3)cc2)C1. The number of carbonyl (C=O) groups excluding carboxylic acids is 2. The third kappa shape index (κ3) is 4.07.